The van der Waals surface area contributed by atoms with E-state index in [0.717, 1.165) is 74.7 Å². The highest BCUT2D eigenvalue weighted by molar-refractivity contribution is 7.33. The van der Waals surface area contributed by atoms with Crippen LogP contribution < -0.4 is 0 Å². The second kappa shape index (κ2) is 8.74. The molecule has 5 nitrogen and oxygen atoms in total. The van der Waals surface area contributed by atoms with Gasteiger partial charge < -0.3 is 0 Å². The standard InChI is InChI=1S/C18H22O5P/c1-3-15(19)17(13-9-5-6-10-13)22-24(21)23-18(16(20)4-2)14-11-7-8-12-14/h3-4H,1-2,5-12H2/q+1. The van der Waals surface area contributed by atoms with E-state index in [4.69, 9.17) is 9.05 Å². The molecule has 0 aromatic rings. The third-order valence-electron chi connectivity index (χ3n) is 4.21. The molecule has 6 heteroatoms. The maximum Gasteiger partial charge on any atom is 0.805 e. The van der Waals surface area contributed by atoms with Crippen molar-refractivity contribution in [2.75, 3.05) is 0 Å². The van der Waals surface area contributed by atoms with Crippen molar-refractivity contribution >= 4 is 19.8 Å². The number of carbonyl (C=O) groups excluding carboxylic acids is 2. The quantitative estimate of drug-likeness (QED) is 0.356. The molecular weight excluding hydrogens is 327 g/mol. The summed E-state index contributed by atoms with van der Waals surface area (Å²) in [6.07, 6.45) is 9.07. The van der Waals surface area contributed by atoms with Gasteiger partial charge >= 0.3 is 8.25 Å². The van der Waals surface area contributed by atoms with Gasteiger partial charge in [0.05, 0.1) is 0 Å². The molecule has 0 radical (unpaired) electrons. The van der Waals surface area contributed by atoms with Crippen molar-refractivity contribution in [3.8, 4) is 0 Å². The Morgan fingerprint density at radius 3 is 1.42 bits per heavy atom. The summed E-state index contributed by atoms with van der Waals surface area (Å²) in [6, 6.07) is 0. The van der Waals surface area contributed by atoms with Crippen LogP contribution in [0.15, 0.2) is 48.0 Å². The van der Waals surface area contributed by atoms with Gasteiger partial charge in [0.2, 0.25) is 23.1 Å². The lowest BCUT2D eigenvalue weighted by Crippen LogP contribution is -2.06. The van der Waals surface area contributed by atoms with Crippen molar-refractivity contribution in [2.45, 2.75) is 51.4 Å². The molecule has 0 amide bonds. The first kappa shape index (κ1) is 18.3. The van der Waals surface area contributed by atoms with Crippen LogP contribution in [0.25, 0.3) is 0 Å². The van der Waals surface area contributed by atoms with Crippen molar-refractivity contribution in [3.63, 3.8) is 0 Å². The van der Waals surface area contributed by atoms with Crippen molar-refractivity contribution in [2.24, 2.45) is 0 Å². The molecule has 24 heavy (non-hydrogen) atoms. The van der Waals surface area contributed by atoms with Gasteiger partial charge in [-0.25, -0.2) is 9.05 Å². The second-order valence-corrected chi connectivity index (χ2v) is 6.63. The Morgan fingerprint density at radius 1 is 0.792 bits per heavy atom. The van der Waals surface area contributed by atoms with E-state index in [-0.39, 0.29) is 11.5 Å². The van der Waals surface area contributed by atoms with E-state index in [2.05, 4.69) is 13.2 Å². The fourth-order valence-corrected chi connectivity index (χ4v) is 3.75. The van der Waals surface area contributed by atoms with Crippen LogP contribution in [0, 0.1) is 0 Å². The van der Waals surface area contributed by atoms with Crippen LogP contribution in [0.2, 0.25) is 0 Å². The number of carbonyl (C=O) groups is 2. The molecule has 2 saturated carbocycles. The van der Waals surface area contributed by atoms with Crippen LogP contribution in [0.3, 0.4) is 0 Å². The number of hydrogen-bond donors (Lipinski definition) is 0. The molecule has 0 saturated heterocycles. The number of allylic oxidation sites excluding steroid dienone is 4. The van der Waals surface area contributed by atoms with Crippen LogP contribution in [-0.4, -0.2) is 11.6 Å². The average Bonchev–Trinajstić information content (AvgIpc) is 3.29. The highest BCUT2D eigenvalue weighted by Crippen LogP contribution is 2.39. The lowest BCUT2D eigenvalue weighted by molar-refractivity contribution is -0.113. The topological polar surface area (TPSA) is 69.7 Å². The summed E-state index contributed by atoms with van der Waals surface area (Å²) >= 11 is 0. The van der Waals surface area contributed by atoms with Gasteiger partial charge in [0.25, 0.3) is 0 Å². The highest BCUT2D eigenvalue weighted by atomic mass is 31.1. The lowest BCUT2D eigenvalue weighted by atomic mass is 10.1. The Kier molecular flexibility index (Phi) is 6.68. The minimum Gasteiger partial charge on any atom is -0.286 e. The number of ketones is 2. The lowest BCUT2D eigenvalue weighted by Gasteiger charge is -2.03. The molecule has 0 unspecified atom stereocenters. The van der Waals surface area contributed by atoms with Gasteiger partial charge in [-0.05, 0) is 74.7 Å². The molecule has 0 aromatic carbocycles. The SMILES string of the molecule is C=CC(=O)C(O[P+](=O)OC(C(=O)C=C)=C1CCCC1)=C1CCCC1. The average molecular weight is 349 g/mol. The molecule has 0 bridgehead atoms. The monoisotopic (exact) mass is 349 g/mol. The third kappa shape index (κ3) is 4.51. The van der Waals surface area contributed by atoms with E-state index < -0.39 is 19.8 Å². The van der Waals surface area contributed by atoms with Gasteiger partial charge in [0.1, 0.15) is 0 Å². The first-order valence-corrected chi connectivity index (χ1v) is 9.27. The third-order valence-corrected chi connectivity index (χ3v) is 4.87. The minimum absolute atomic E-state index is 0.0467. The number of hydrogen-bond acceptors (Lipinski definition) is 5. The van der Waals surface area contributed by atoms with E-state index >= 15 is 0 Å². The highest BCUT2D eigenvalue weighted by Gasteiger charge is 2.35. The smallest absolute Gasteiger partial charge is 0.286 e. The molecule has 0 aliphatic heterocycles. The predicted molar refractivity (Wildman–Crippen MR) is 91.2 cm³/mol. The van der Waals surface area contributed by atoms with Gasteiger partial charge in [-0.15, -0.1) is 0 Å². The summed E-state index contributed by atoms with van der Waals surface area (Å²) in [4.78, 5) is 24.0. The Morgan fingerprint density at radius 2 is 1.12 bits per heavy atom. The van der Waals surface area contributed by atoms with Crippen LogP contribution in [-0.2, 0) is 23.2 Å². The molecule has 2 aliphatic carbocycles. The summed E-state index contributed by atoms with van der Waals surface area (Å²) < 4.78 is 22.9. The van der Waals surface area contributed by atoms with E-state index in [1.165, 1.54) is 0 Å². The summed E-state index contributed by atoms with van der Waals surface area (Å²) in [7, 11) is -2.67. The Bertz CT molecular complexity index is 572. The van der Waals surface area contributed by atoms with Crippen LogP contribution in [0.4, 0.5) is 0 Å². The van der Waals surface area contributed by atoms with E-state index in [1.54, 1.807) is 0 Å². The predicted octanol–water partition coefficient (Wildman–Crippen LogP) is 4.84. The van der Waals surface area contributed by atoms with Gasteiger partial charge in [-0.2, -0.15) is 0 Å². The molecule has 0 spiro atoms. The molecule has 0 aromatic heterocycles. The zero-order valence-electron chi connectivity index (χ0n) is 13.7. The molecule has 2 rings (SSSR count). The van der Waals surface area contributed by atoms with E-state index in [0.29, 0.717) is 0 Å². The molecule has 2 aliphatic rings. The summed E-state index contributed by atoms with van der Waals surface area (Å²) in [5.74, 6) is -0.733. The van der Waals surface area contributed by atoms with Gasteiger partial charge in [-0.3, -0.25) is 9.59 Å². The van der Waals surface area contributed by atoms with E-state index in [1.807, 2.05) is 0 Å². The first-order valence-electron chi connectivity index (χ1n) is 8.17. The van der Waals surface area contributed by atoms with Gasteiger partial charge in [0, 0.05) is 4.57 Å². The fraction of sp³-hybridized carbons (Fsp3) is 0.444. The van der Waals surface area contributed by atoms with Crippen LogP contribution >= 0.6 is 8.25 Å². The summed E-state index contributed by atoms with van der Waals surface area (Å²) in [6.45, 7) is 6.90. The zero-order valence-corrected chi connectivity index (χ0v) is 14.6. The summed E-state index contributed by atoms with van der Waals surface area (Å²) in [5, 5.41) is 0. The van der Waals surface area contributed by atoms with Crippen LogP contribution in [0.1, 0.15) is 51.4 Å². The van der Waals surface area contributed by atoms with Gasteiger partial charge in [-0.1, -0.05) is 13.2 Å². The maximum atomic E-state index is 12.3. The Hall–Kier alpha value is -2.00. The molecule has 0 atom stereocenters. The first-order chi connectivity index (χ1) is 11.6. The fourth-order valence-electron chi connectivity index (χ4n) is 2.98. The molecule has 0 heterocycles. The largest absolute Gasteiger partial charge is 0.805 e. The Labute approximate surface area is 143 Å². The number of rotatable bonds is 8. The Balaban J connectivity index is 2.17. The van der Waals surface area contributed by atoms with Crippen LogP contribution in [0.5, 0.6) is 0 Å². The van der Waals surface area contributed by atoms with E-state index in [9.17, 15) is 14.2 Å². The van der Waals surface area contributed by atoms with Gasteiger partial charge in [0.15, 0.2) is 0 Å². The minimum atomic E-state index is -2.67. The molecule has 2 fully saturated rings. The molecule has 128 valence electrons. The maximum absolute atomic E-state index is 12.3. The van der Waals surface area contributed by atoms with Crippen molar-refractivity contribution < 1.29 is 23.2 Å². The molecular formula is C18H22O5P+. The second-order valence-electron chi connectivity index (χ2n) is 5.82. The summed E-state index contributed by atoms with van der Waals surface area (Å²) in [5.41, 5.74) is 1.66. The van der Waals surface area contributed by atoms with Crippen molar-refractivity contribution in [3.05, 3.63) is 48.0 Å². The zero-order chi connectivity index (χ0) is 17.5. The molecule has 0 N–H and O–H groups in total. The van der Waals surface area contributed by atoms with Crippen molar-refractivity contribution in [1.29, 1.82) is 0 Å². The van der Waals surface area contributed by atoms with Crippen molar-refractivity contribution in [1.82, 2.24) is 0 Å². The normalized spacial score (nSPS) is 16.5.